The van der Waals surface area contributed by atoms with E-state index in [2.05, 4.69) is 45.0 Å². The molecule has 1 heteroatoms. The van der Waals surface area contributed by atoms with Crippen LogP contribution >= 0.6 is 0 Å². The summed E-state index contributed by atoms with van der Waals surface area (Å²) < 4.78 is 5.50. The fraction of sp³-hybridized carbons (Fsp3) is 0.571. The molecule has 0 radical (unpaired) electrons. The summed E-state index contributed by atoms with van der Waals surface area (Å²) in [5.41, 5.74) is 2.70. The van der Waals surface area contributed by atoms with Gasteiger partial charge in [-0.2, -0.15) is 0 Å². The third-order valence-corrected chi connectivity index (χ3v) is 2.78. The molecule has 0 aliphatic rings. The third kappa shape index (κ3) is 4.05. The molecule has 0 spiro atoms. The molecule has 15 heavy (non-hydrogen) atoms. The van der Waals surface area contributed by atoms with Gasteiger partial charge in [0.05, 0.1) is 6.61 Å². The van der Waals surface area contributed by atoms with Crippen molar-refractivity contribution in [2.45, 2.75) is 46.1 Å². The first-order valence-electron chi connectivity index (χ1n) is 5.94. The third-order valence-electron chi connectivity index (χ3n) is 2.78. The highest BCUT2D eigenvalue weighted by atomic mass is 16.5. The van der Waals surface area contributed by atoms with E-state index in [-0.39, 0.29) is 0 Å². The quantitative estimate of drug-likeness (QED) is 0.636. The smallest absolute Gasteiger partial charge is 0.0716 e. The van der Waals surface area contributed by atoms with Crippen molar-refractivity contribution < 1.29 is 4.74 Å². The highest BCUT2D eigenvalue weighted by Crippen LogP contribution is 2.18. The second kappa shape index (κ2) is 6.62. The van der Waals surface area contributed by atoms with Gasteiger partial charge in [0.15, 0.2) is 0 Å². The molecule has 0 saturated heterocycles. The van der Waals surface area contributed by atoms with E-state index in [1.54, 1.807) is 0 Å². The summed E-state index contributed by atoms with van der Waals surface area (Å²) in [6.07, 6.45) is 2.29. The molecule has 1 unspecified atom stereocenters. The van der Waals surface area contributed by atoms with E-state index in [0.717, 1.165) is 19.6 Å². The van der Waals surface area contributed by atoms with Gasteiger partial charge < -0.3 is 4.74 Å². The highest BCUT2D eigenvalue weighted by molar-refractivity contribution is 5.24. The van der Waals surface area contributed by atoms with Crippen LogP contribution in [0, 0.1) is 0 Å². The summed E-state index contributed by atoms with van der Waals surface area (Å²) in [5.74, 6) is 0.663. The molecule has 0 bridgehead atoms. The molecule has 0 amide bonds. The molecule has 84 valence electrons. The maximum absolute atomic E-state index is 5.50. The zero-order valence-electron chi connectivity index (χ0n) is 10.1. The molecule has 0 heterocycles. The van der Waals surface area contributed by atoms with Crippen molar-refractivity contribution in [1.82, 2.24) is 0 Å². The maximum Gasteiger partial charge on any atom is 0.0716 e. The number of benzene rings is 1. The number of hydrogen-bond donors (Lipinski definition) is 0. The first-order valence-corrected chi connectivity index (χ1v) is 5.94. The van der Waals surface area contributed by atoms with Crippen molar-refractivity contribution in [3.63, 3.8) is 0 Å². The highest BCUT2D eigenvalue weighted by Gasteiger charge is 2.01. The van der Waals surface area contributed by atoms with Gasteiger partial charge in [0.1, 0.15) is 0 Å². The molecule has 1 rings (SSSR count). The van der Waals surface area contributed by atoms with Gasteiger partial charge in [-0.3, -0.25) is 0 Å². The van der Waals surface area contributed by atoms with E-state index < -0.39 is 0 Å². The summed E-state index contributed by atoms with van der Waals surface area (Å²) in [6, 6.07) is 8.80. The lowest BCUT2D eigenvalue weighted by Gasteiger charge is -2.09. The first kappa shape index (κ1) is 12.3. The molecule has 1 nitrogen and oxygen atoms in total. The zero-order chi connectivity index (χ0) is 11.1. The van der Waals surface area contributed by atoms with Crippen LogP contribution in [-0.2, 0) is 11.3 Å². The first-order chi connectivity index (χ1) is 7.27. The summed E-state index contributed by atoms with van der Waals surface area (Å²) in [5, 5.41) is 0. The van der Waals surface area contributed by atoms with E-state index in [0.29, 0.717) is 5.92 Å². The van der Waals surface area contributed by atoms with Crippen molar-refractivity contribution in [3.8, 4) is 0 Å². The van der Waals surface area contributed by atoms with Crippen LogP contribution in [0.15, 0.2) is 24.3 Å². The average Bonchev–Trinajstić information content (AvgIpc) is 2.29. The van der Waals surface area contributed by atoms with Crippen LogP contribution in [0.3, 0.4) is 0 Å². The van der Waals surface area contributed by atoms with Gasteiger partial charge in [-0.05, 0) is 29.9 Å². The number of ether oxygens (including phenoxy) is 1. The second-order valence-electron chi connectivity index (χ2n) is 4.10. The van der Waals surface area contributed by atoms with Crippen molar-refractivity contribution in [2.24, 2.45) is 0 Å². The van der Waals surface area contributed by atoms with Gasteiger partial charge in [0.2, 0.25) is 0 Å². The lowest BCUT2D eigenvalue weighted by molar-refractivity contribution is 0.121. The Balaban J connectivity index is 2.49. The fourth-order valence-electron chi connectivity index (χ4n) is 1.51. The van der Waals surface area contributed by atoms with Crippen molar-refractivity contribution in [2.75, 3.05) is 6.61 Å². The van der Waals surface area contributed by atoms with Crippen LogP contribution in [0.25, 0.3) is 0 Å². The van der Waals surface area contributed by atoms with Crippen LogP contribution < -0.4 is 0 Å². The Bertz CT molecular complexity index is 263. The molecule has 0 aliphatic carbocycles. The minimum atomic E-state index is 0.663. The number of hydrogen-bond acceptors (Lipinski definition) is 1. The Morgan fingerprint density at radius 1 is 1.13 bits per heavy atom. The maximum atomic E-state index is 5.50. The molecule has 1 aromatic rings. The van der Waals surface area contributed by atoms with Crippen LogP contribution in [0.2, 0.25) is 0 Å². The molecule has 0 fully saturated rings. The van der Waals surface area contributed by atoms with Gasteiger partial charge in [0.25, 0.3) is 0 Å². The standard InChI is InChI=1S/C14H22O/c1-4-10-15-11-13-6-8-14(9-7-13)12(3)5-2/h6-9,12H,4-5,10-11H2,1-3H3. The van der Waals surface area contributed by atoms with E-state index >= 15 is 0 Å². The predicted octanol–water partition coefficient (Wildman–Crippen LogP) is 4.13. The summed E-state index contributed by atoms with van der Waals surface area (Å²) in [4.78, 5) is 0. The van der Waals surface area contributed by atoms with Crippen LogP contribution in [-0.4, -0.2) is 6.61 Å². The average molecular weight is 206 g/mol. The molecule has 0 saturated carbocycles. The molecule has 1 aromatic carbocycles. The lowest BCUT2D eigenvalue weighted by atomic mass is 9.98. The minimum absolute atomic E-state index is 0.663. The lowest BCUT2D eigenvalue weighted by Crippen LogP contribution is -1.95. The Kier molecular flexibility index (Phi) is 5.41. The molecular formula is C14H22O. The predicted molar refractivity (Wildman–Crippen MR) is 65.1 cm³/mol. The van der Waals surface area contributed by atoms with Gasteiger partial charge in [-0.15, -0.1) is 0 Å². The zero-order valence-corrected chi connectivity index (χ0v) is 10.1. The second-order valence-corrected chi connectivity index (χ2v) is 4.10. The molecule has 1 atom stereocenters. The van der Waals surface area contributed by atoms with E-state index in [4.69, 9.17) is 4.74 Å². The fourth-order valence-corrected chi connectivity index (χ4v) is 1.51. The Morgan fingerprint density at radius 3 is 2.33 bits per heavy atom. The van der Waals surface area contributed by atoms with Crippen molar-refractivity contribution in [3.05, 3.63) is 35.4 Å². The van der Waals surface area contributed by atoms with Crippen LogP contribution in [0.4, 0.5) is 0 Å². The topological polar surface area (TPSA) is 9.23 Å². The van der Waals surface area contributed by atoms with Crippen molar-refractivity contribution >= 4 is 0 Å². The van der Waals surface area contributed by atoms with Crippen LogP contribution in [0.1, 0.15) is 50.7 Å². The summed E-state index contributed by atoms with van der Waals surface area (Å²) in [7, 11) is 0. The number of rotatable bonds is 6. The normalized spacial score (nSPS) is 12.7. The van der Waals surface area contributed by atoms with Gasteiger partial charge in [-0.1, -0.05) is 45.0 Å². The molecule has 0 aliphatic heterocycles. The largest absolute Gasteiger partial charge is 0.377 e. The Morgan fingerprint density at radius 2 is 1.80 bits per heavy atom. The van der Waals surface area contributed by atoms with E-state index in [9.17, 15) is 0 Å². The Hall–Kier alpha value is -0.820. The molecule has 0 aromatic heterocycles. The molecule has 0 N–H and O–H groups in total. The molecular weight excluding hydrogens is 184 g/mol. The van der Waals surface area contributed by atoms with Gasteiger partial charge >= 0.3 is 0 Å². The summed E-state index contributed by atoms with van der Waals surface area (Å²) >= 11 is 0. The SMILES string of the molecule is CCCOCc1ccc(C(C)CC)cc1. The summed E-state index contributed by atoms with van der Waals surface area (Å²) in [6.45, 7) is 8.22. The minimum Gasteiger partial charge on any atom is -0.377 e. The van der Waals surface area contributed by atoms with Gasteiger partial charge in [0, 0.05) is 6.61 Å². The monoisotopic (exact) mass is 206 g/mol. The van der Waals surface area contributed by atoms with E-state index in [1.165, 1.54) is 17.5 Å². The van der Waals surface area contributed by atoms with Crippen molar-refractivity contribution in [1.29, 1.82) is 0 Å². The van der Waals surface area contributed by atoms with E-state index in [1.807, 2.05) is 0 Å². The van der Waals surface area contributed by atoms with Gasteiger partial charge in [-0.25, -0.2) is 0 Å². The Labute approximate surface area is 93.5 Å². The van der Waals surface area contributed by atoms with Crippen LogP contribution in [0.5, 0.6) is 0 Å².